The van der Waals surface area contributed by atoms with Crippen LogP contribution >= 0.6 is 11.3 Å². The molecule has 1 N–H and O–H groups in total. The molecule has 3 nitrogen and oxygen atoms in total. The van der Waals surface area contributed by atoms with Crippen molar-refractivity contribution in [2.75, 3.05) is 19.6 Å². The molecule has 1 aliphatic heterocycles. The Morgan fingerprint density at radius 3 is 2.78 bits per heavy atom. The number of rotatable bonds is 5. The maximum atomic E-state index is 12.6. The van der Waals surface area contributed by atoms with Crippen molar-refractivity contribution in [1.82, 2.24) is 10.2 Å². The minimum atomic E-state index is 0.159. The Morgan fingerprint density at radius 1 is 1.30 bits per heavy atom. The van der Waals surface area contributed by atoms with Crippen LogP contribution in [0.15, 0.2) is 6.07 Å². The Balaban J connectivity index is 1.54. The lowest BCUT2D eigenvalue weighted by molar-refractivity contribution is 0.0915. The number of thiophene rings is 1. The first kappa shape index (κ1) is 17.0. The number of hydrogen-bond donors (Lipinski definition) is 1. The summed E-state index contributed by atoms with van der Waals surface area (Å²) in [4.78, 5) is 17.5. The van der Waals surface area contributed by atoms with Gasteiger partial charge in [-0.1, -0.05) is 20.3 Å². The van der Waals surface area contributed by atoms with Crippen LogP contribution in [0.2, 0.25) is 0 Å². The van der Waals surface area contributed by atoms with Gasteiger partial charge < -0.3 is 10.2 Å². The maximum absolute atomic E-state index is 12.6. The van der Waals surface area contributed by atoms with Crippen LogP contribution in [-0.2, 0) is 12.8 Å². The summed E-state index contributed by atoms with van der Waals surface area (Å²) >= 11 is 1.73. The van der Waals surface area contributed by atoms with Crippen LogP contribution in [-0.4, -0.2) is 36.5 Å². The largest absolute Gasteiger partial charge is 0.349 e. The van der Waals surface area contributed by atoms with E-state index in [1.807, 2.05) is 0 Å². The molecule has 3 rings (SSSR count). The molecule has 0 unspecified atom stereocenters. The van der Waals surface area contributed by atoms with Gasteiger partial charge >= 0.3 is 0 Å². The number of carbonyl (C=O) groups excluding carboxylic acids is 1. The molecule has 23 heavy (non-hydrogen) atoms. The van der Waals surface area contributed by atoms with Gasteiger partial charge in [0.05, 0.1) is 4.88 Å². The standard InChI is InChI=1S/C19H30N2OS/c1-3-9-21-10-7-16(8-11-21)20-19(22)18-13-15-12-14(4-2)5-6-17(15)23-18/h13-14,16H,3-12H2,1-2H3,(H,20,22)/t14-/m1/s1. The Bertz CT molecular complexity index is 531. The van der Waals surface area contributed by atoms with Crippen LogP contribution in [0.3, 0.4) is 0 Å². The van der Waals surface area contributed by atoms with Crippen molar-refractivity contribution in [2.24, 2.45) is 5.92 Å². The third-order valence-electron chi connectivity index (χ3n) is 5.45. The van der Waals surface area contributed by atoms with E-state index in [2.05, 4.69) is 30.1 Å². The molecule has 0 spiro atoms. The first-order valence-electron chi connectivity index (χ1n) is 9.34. The van der Waals surface area contributed by atoms with Gasteiger partial charge in [-0.05, 0) is 62.6 Å². The van der Waals surface area contributed by atoms with Crippen molar-refractivity contribution in [3.8, 4) is 0 Å². The summed E-state index contributed by atoms with van der Waals surface area (Å²) < 4.78 is 0. The van der Waals surface area contributed by atoms with Gasteiger partial charge in [0.15, 0.2) is 0 Å². The number of fused-ring (bicyclic) bond motifs is 1. The van der Waals surface area contributed by atoms with Gasteiger partial charge in [0.2, 0.25) is 0 Å². The molecule has 0 saturated carbocycles. The van der Waals surface area contributed by atoms with Crippen LogP contribution in [0.5, 0.6) is 0 Å². The predicted molar refractivity (Wildman–Crippen MR) is 97.3 cm³/mol. The zero-order valence-corrected chi connectivity index (χ0v) is 15.4. The Kier molecular flexibility index (Phi) is 5.76. The van der Waals surface area contributed by atoms with E-state index >= 15 is 0 Å². The zero-order chi connectivity index (χ0) is 16.2. The Morgan fingerprint density at radius 2 is 2.09 bits per heavy atom. The van der Waals surface area contributed by atoms with Gasteiger partial charge in [-0.25, -0.2) is 0 Å². The van der Waals surface area contributed by atoms with Crippen molar-refractivity contribution in [1.29, 1.82) is 0 Å². The second-order valence-corrected chi connectivity index (χ2v) is 8.30. The summed E-state index contributed by atoms with van der Waals surface area (Å²) in [5, 5.41) is 3.28. The number of hydrogen-bond acceptors (Lipinski definition) is 3. The summed E-state index contributed by atoms with van der Waals surface area (Å²) in [5.74, 6) is 0.974. The number of nitrogens with one attached hydrogen (secondary N) is 1. The fourth-order valence-corrected chi connectivity index (χ4v) is 5.04. The number of piperidine rings is 1. The average Bonchev–Trinajstić information content (AvgIpc) is 3.00. The molecule has 2 heterocycles. The van der Waals surface area contributed by atoms with Gasteiger partial charge in [0.1, 0.15) is 0 Å². The first-order valence-corrected chi connectivity index (χ1v) is 10.2. The predicted octanol–water partition coefficient (Wildman–Crippen LogP) is 3.87. The summed E-state index contributed by atoms with van der Waals surface area (Å²) in [6, 6.07) is 2.53. The molecule has 1 aromatic rings. The van der Waals surface area contributed by atoms with Crippen LogP contribution in [0, 0.1) is 5.92 Å². The third-order valence-corrected chi connectivity index (χ3v) is 6.68. The molecule has 1 fully saturated rings. The number of carbonyl (C=O) groups is 1. The fourth-order valence-electron chi connectivity index (χ4n) is 3.93. The lowest BCUT2D eigenvalue weighted by Crippen LogP contribution is -2.44. The second kappa shape index (κ2) is 7.80. The highest BCUT2D eigenvalue weighted by Gasteiger charge is 2.24. The molecule has 128 valence electrons. The van der Waals surface area contributed by atoms with Crippen molar-refractivity contribution < 1.29 is 4.79 Å². The molecule has 1 amide bonds. The number of likely N-dealkylation sites (tertiary alicyclic amines) is 1. The van der Waals surface area contributed by atoms with Gasteiger partial charge in [-0.2, -0.15) is 0 Å². The van der Waals surface area contributed by atoms with E-state index in [4.69, 9.17) is 0 Å². The Labute approximate surface area is 144 Å². The zero-order valence-electron chi connectivity index (χ0n) is 14.6. The summed E-state index contributed by atoms with van der Waals surface area (Å²) in [6.07, 6.45) is 8.29. The molecular weight excluding hydrogens is 304 g/mol. The summed E-state index contributed by atoms with van der Waals surface area (Å²) in [5.41, 5.74) is 1.44. The van der Waals surface area contributed by atoms with Crippen LogP contribution in [0.1, 0.15) is 66.1 Å². The second-order valence-electron chi connectivity index (χ2n) is 7.17. The van der Waals surface area contributed by atoms with Crippen molar-refractivity contribution in [3.05, 3.63) is 21.4 Å². The van der Waals surface area contributed by atoms with Gasteiger partial charge in [0.25, 0.3) is 5.91 Å². The van der Waals surface area contributed by atoms with E-state index in [1.165, 1.54) is 49.1 Å². The van der Waals surface area contributed by atoms with E-state index in [9.17, 15) is 4.79 Å². The maximum Gasteiger partial charge on any atom is 0.261 e. The van der Waals surface area contributed by atoms with Gasteiger partial charge in [0, 0.05) is 24.0 Å². The van der Waals surface area contributed by atoms with E-state index < -0.39 is 0 Å². The van der Waals surface area contributed by atoms with E-state index in [-0.39, 0.29) is 5.91 Å². The third kappa shape index (κ3) is 4.16. The van der Waals surface area contributed by atoms with Gasteiger partial charge in [-0.3, -0.25) is 4.79 Å². The molecule has 0 aromatic carbocycles. The smallest absolute Gasteiger partial charge is 0.261 e. The molecule has 1 aromatic heterocycles. The first-order chi connectivity index (χ1) is 11.2. The highest BCUT2D eigenvalue weighted by Crippen LogP contribution is 2.33. The topological polar surface area (TPSA) is 32.3 Å². The SMILES string of the molecule is CCCN1CCC(NC(=O)c2cc3c(s2)CC[C@@H](CC)C3)CC1. The highest BCUT2D eigenvalue weighted by molar-refractivity contribution is 7.14. The fraction of sp³-hybridized carbons (Fsp3) is 0.737. The van der Waals surface area contributed by atoms with Crippen LogP contribution < -0.4 is 5.32 Å². The van der Waals surface area contributed by atoms with E-state index in [0.29, 0.717) is 6.04 Å². The lowest BCUT2D eigenvalue weighted by atomic mass is 9.87. The quantitative estimate of drug-likeness (QED) is 0.886. The highest BCUT2D eigenvalue weighted by atomic mass is 32.1. The molecule has 1 aliphatic carbocycles. The van der Waals surface area contributed by atoms with Crippen molar-refractivity contribution >= 4 is 17.2 Å². The summed E-state index contributed by atoms with van der Waals surface area (Å²) in [6.45, 7) is 7.95. The van der Waals surface area contributed by atoms with Crippen molar-refractivity contribution in [3.63, 3.8) is 0 Å². The lowest BCUT2D eigenvalue weighted by Gasteiger charge is -2.31. The minimum absolute atomic E-state index is 0.159. The van der Waals surface area contributed by atoms with E-state index in [0.717, 1.165) is 36.7 Å². The van der Waals surface area contributed by atoms with E-state index in [1.54, 1.807) is 11.3 Å². The molecule has 4 heteroatoms. The number of nitrogens with zero attached hydrogens (tertiary/aromatic N) is 1. The molecule has 1 saturated heterocycles. The normalized spacial score (nSPS) is 22.8. The number of aryl methyl sites for hydroxylation is 1. The molecule has 1 atom stereocenters. The van der Waals surface area contributed by atoms with Crippen LogP contribution in [0.25, 0.3) is 0 Å². The Hall–Kier alpha value is -0.870. The minimum Gasteiger partial charge on any atom is -0.349 e. The molecule has 2 aliphatic rings. The molecule has 0 bridgehead atoms. The van der Waals surface area contributed by atoms with Gasteiger partial charge in [-0.15, -0.1) is 11.3 Å². The number of amides is 1. The average molecular weight is 335 g/mol. The molecular formula is C19H30N2OS. The van der Waals surface area contributed by atoms with Crippen molar-refractivity contribution in [2.45, 2.75) is 64.8 Å². The molecule has 0 radical (unpaired) electrons. The summed E-state index contributed by atoms with van der Waals surface area (Å²) in [7, 11) is 0. The monoisotopic (exact) mass is 334 g/mol. The van der Waals surface area contributed by atoms with Crippen LogP contribution in [0.4, 0.5) is 0 Å².